The summed E-state index contributed by atoms with van der Waals surface area (Å²) >= 11 is 1.13. The molecule has 0 aliphatic heterocycles. The summed E-state index contributed by atoms with van der Waals surface area (Å²) in [7, 11) is 0. The van der Waals surface area contributed by atoms with Gasteiger partial charge in [-0.05, 0) is 50.6 Å². The summed E-state index contributed by atoms with van der Waals surface area (Å²) in [4.78, 5) is 43.4. The summed E-state index contributed by atoms with van der Waals surface area (Å²) in [5.41, 5.74) is 1.45. The molecule has 0 atom stereocenters. The van der Waals surface area contributed by atoms with Gasteiger partial charge in [-0.1, -0.05) is 29.8 Å². The van der Waals surface area contributed by atoms with Crippen molar-refractivity contribution in [3.63, 3.8) is 0 Å². The Bertz CT molecular complexity index is 1260. The Morgan fingerprint density at radius 2 is 1.76 bits per heavy atom. The molecule has 0 saturated carbocycles. The van der Waals surface area contributed by atoms with E-state index in [2.05, 4.69) is 15.6 Å². The van der Waals surface area contributed by atoms with Gasteiger partial charge in [-0.25, -0.2) is 4.98 Å². The predicted molar refractivity (Wildman–Crippen MR) is 135 cm³/mol. The van der Waals surface area contributed by atoms with Crippen LogP contribution in [0.5, 0.6) is 0 Å². The molecule has 0 fully saturated rings. The number of halogens is 3. The third-order valence-electron chi connectivity index (χ3n) is 5.38. The Kier molecular flexibility index (Phi) is 9.04. The lowest BCUT2D eigenvalue weighted by Gasteiger charge is -2.26. The molecule has 0 bridgehead atoms. The first-order valence-corrected chi connectivity index (χ1v) is 12.3. The van der Waals surface area contributed by atoms with E-state index < -0.39 is 23.6 Å². The molecule has 11 heteroatoms. The maximum atomic E-state index is 12.9. The number of hydrogen-bond donors (Lipinski definition) is 2. The third kappa shape index (κ3) is 8.14. The van der Waals surface area contributed by atoms with Crippen molar-refractivity contribution in [2.24, 2.45) is 0 Å². The van der Waals surface area contributed by atoms with Gasteiger partial charge in [0.05, 0.1) is 17.7 Å². The number of thiazole rings is 1. The standard InChI is InChI=1S/C26H27F3N4O3S/c1-16(2)33(24(36)19-9-7-17(3)8-10-19)14-23(35)32-25-31-21(15-37-25)12-22(34)30-13-18-5-4-6-20(11-18)26(27,28)29/h4-11,15-16H,12-14H2,1-3H3,(H,30,34)(H,31,32,35). The predicted octanol–water partition coefficient (Wildman–Crippen LogP) is 4.82. The molecule has 1 aromatic heterocycles. The molecule has 3 rings (SSSR count). The van der Waals surface area contributed by atoms with E-state index in [0.717, 1.165) is 29.0 Å². The van der Waals surface area contributed by atoms with Crippen molar-refractivity contribution in [2.45, 2.75) is 46.0 Å². The first-order chi connectivity index (χ1) is 17.4. The summed E-state index contributed by atoms with van der Waals surface area (Å²) in [6, 6.07) is 11.6. The van der Waals surface area contributed by atoms with E-state index >= 15 is 0 Å². The second kappa shape index (κ2) is 12.0. The van der Waals surface area contributed by atoms with Crippen LogP contribution in [-0.4, -0.2) is 40.2 Å². The molecule has 0 spiro atoms. The molecule has 2 aromatic carbocycles. The monoisotopic (exact) mass is 532 g/mol. The lowest BCUT2D eigenvalue weighted by molar-refractivity contribution is -0.137. The van der Waals surface area contributed by atoms with Crippen LogP contribution in [0, 0.1) is 6.92 Å². The fourth-order valence-electron chi connectivity index (χ4n) is 3.40. The first kappa shape index (κ1) is 27.9. The number of rotatable bonds is 9. The minimum absolute atomic E-state index is 0.0590. The maximum Gasteiger partial charge on any atom is 0.416 e. The summed E-state index contributed by atoms with van der Waals surface area (Å²) in [5, 5.41) is 7.11. The Balaban J connectivity index is 1.52. The van der Waals surface area contributed by atoms with E-state index in [1.54, 1.807) is 17.5 Å². The number of carbonyl (C=O) groups is 3. The molecule has 7 nitrogen and oxygen atoms in total. The zero-order valence-electron chi connectivity index (χ0n) is 20.6. The summed E-state index contributed by atoms with van der Waals surface area (Å²) < 4.78 is 38.5. The van der Waals surface area contributed by atoms with Crippen LogP contribution < -0.4 is 10.6 Å². The van der Waals surface area contributed by atoms with Gasteiger partial charge in [0.2, 0.25) is 11.8 Å². The number of carbonyl (C=O) groups excluding carboxylic acids is 3. The lowest BCUT2D eigenvalue weighted by Crippen LogP contribution is -2.42. The molecule has 0 unspecified atom stereocenters. The molecule has 37 heavy (non-hydrogen) atoms. The van der Waals surface area contributed by atoms with Gasteiger partial charge in [0.15, 0.2) is 5.13 Å². The summed E-state index contributed by atoms with van der Waals surface area (Å²) in [6.45, 7) is 5.33. The minimum Gasteiger partial charge on any atom is -0.352 e. The van der Waals surface area contributed by atoms with Gasteiger partial charge in [-0.3, -0.25) is 14.4 Å². The highest BCUT2D eigenvalue weighted by molar-refractivity contribution is 7.13. The van der Waals surface area contributed by atoms with E-state index in [4.69, 9.17) is 0 Å². The van der Waals surface area contributed by atoms with Crippen molar-refractivity contribution in [3.8, 4) is 0 Å². The molecular weight excluding hydrogens is 505 g/mol. The number of nitrogens with one attached hydrogen (secondary N) is 2. The normalized spacial score (nSPS) is 11.3. The molecule has 0 aliphatic rings. The highest BCUT2D eigenvalue weighted by Gasteiger charge is 2.30. The molecule has 3 amide bonds. The van der Waals surface area contributed by atoms with Crippen LogP contribution in [0.2, 0.25) is 0 Å². The highest BCUT2D eigenvalue weighted by Crippen LogP contribution is 2.29. The number of aryl methyl sites for hydroxylation is 1. The zero-order valence-corrected chi connectivity index (χ0v) is 21.4. The average molecular weight is 533 g/mol. The molecule has 0 saturated heterocycles. The van der Waals surface area contributed by atoms with Crippen molar-refractivity contribution in [2.75, 3.05) is 11.9 Å². The molecule has 3 aromatic rings. The Labute approximate surface area is 216 Å². The van der Waals surface area contributed by atoms with E-state index in [1.165, 1.54) is 17.0 Å². The molecule has 1 heterocycles. The van der Waals surface area contributed by atoms with Crippen LogP contribution in [0.15, 0.2) is 53.9 Å². The first-order valence-electron chi connectivity index (χ1n) is 11.5. The van der Waals surface area contributed by atoms with Crippen molar-refractivity contribution < 1.29 is 27.6 Å². The van der Waals surface area contributed by atoms with Gasteiger partial charge in [-0.15, -0.1) is 11.3 Å². The van der Waals surface area contributed by atoms with Gasteiger partial charge in [0, 0.05) is 23.5 Å². The Morgan fingerprint density at radius 3 is 2.41 bits per heavy atom. The smallest absolute Gasteiger partial charge is 0.352 e. The fraction of sp³-hybridized carbons (Fsp3) is 0.308. The van der Waals surface area contributed by atoms with Crippen LogP contribution in [-0.2, 0) is 28.7 Å². The molecule has 2 N–H and O–H groups in total. The quantitative estimate of drug-likeness (QED) is 0.414. The van der Waals surface area contributed by atoms with E-state index in [1.807, 2.05) is 32.9 Å². The second-order valence-corrected chi connectivity index (χ2v) is 9.59. The van der Waals surface area contributed by atoms with E-state index in [0.29, 0.717) is 16.8 Å². The SMILES string of the molecule is Cc1ccc(C(=O)N(CC(=O)Nc2nc(CC(=O)NCc3cccc(C(F)(F)F)c3)cs2)C(C)C)cc1. The van der Waals surface area contributed by atoms with Gasteiger partial charge >= 0.3 is 6.18 Å². The molecule has 0 aliphatic carbocycles. The Morgan fingerprint density at radius 1 is 1.05 bits per heavy atom. The number of alkyl halides is 3. The van der Waals surface area contributed by atoms with E-state index in [-0.39, 0.29) is 36.6 Å². The van der Waals surface area contributed by atoms with Crippen LogP contribution in [0.3, 0.4) is 0 Å². The summed E-state index contributed by atoms with van der Waals surface area (Å²) in [6.07, 6.45) is -4.56. The number of benzene rings is 2. The molecule has 0 radical (unpaired) electrons. The van der Waals surface area contributed by atoms with Crippen LogP contribution in [0.1, 0.15) is 46.6 Å². The maximum absolute atomic E-state index is 12.9. The van der Waals surface area contributed by atoms with Crippen molar-refractivity contribution in [1.82, 2.24) is 15.2 Å². The molecule has 196 valence electrons. The van der Waals surface area contributed by atoms with Gasteiger partial charge < -0.3 is 15.5 Å². The third-order valence-corrected chi connectivity index (χ3v) is 6.19. The van der Waals surface area contributed by atoms with Crippen LogP contribution in [0.4, 0.5) is 18.3 Å². The van der Waals surface area contributed by atoms with E-state index in [9.17, 15) is 27.6 Å². The second-order valence-electron chi connectivity index (χ2n) is 8.74. The van der Waals surface area contributed by atoms with Crippen LogP contribution in [0.25, 0.3) is 0 Å². The fourth-order valence-corrected chi connectivity index (χ4v) is 4.12. The van der Waals surface area contributed by atoms with Crippen molar-refractivity contribution >= 4 is 34.2 Å². The van der Waals surface area contributed by atoms with Gasteiger partial charge in [0.25, 0.3) is 5.91 Å². The number of anilines is 1. The number of aromatic nitrogens is 1. The Hall–Kier alpha value is -3.73. The summed E-state index contributed by atoms with van der Waals surface area (Å²) in [5.74, 6) is -1.11. The largest absolute Gasteiger partial charge is 0.416 e. The molecular formula is C26H27F3N4O3S. The number of nitrogens with zero attached hydrogens (tertiary/aromatic N) is 2. The average Bonchev–Trinajstić information content (AvgIpc) is 3.27. The van der Waals surface area contributed by atoms with Gasteiger partial charge in [-0.2, -0.15) is 13.2 Å². The number of amides is 3. The van der Waals surface area contributed by atoms with Crippen molar-refractivity contribution in [1.29, 1.82) is 0 Å². The minimum atomic E-state index is -4.46. The van der Waals surface area contributed by atoms with Crippen LogP contribution >= 0.6 is 11.3 Å². The van der Waals surface area contributed by atoms with Gasteiger partial charge in [0.1, 0.15) is 6.54 Å². The lowest BCUT2D eigenvalue weighted by atomic mass is 10.1. The van der Waals surface area contributed by atoms with Crippen molar-refractivity contribution in [3.05, 3.63) is 81.9 Å². The highest BCUT2D eigenvalue weighted by atomic mass is 32.1. The zero-order chi connectivity index (χ0) is 27.2. The number of hydrogen-bond acceptors (Lipinski definition) is 5. The topological polar surface area (TPSA) is 91.4 Å².